The fraction of sp³-hybridized carbons (Fsp3) is 0. The first-order valence-electron chi connectivity index (χ1n) is 0. The van der Waals surface area contributed by atoms with Crippen molar-refractivity contribution in [3.63, 3.8) is 0 Å². The summed E-state index contributed by atoms with van der Waals surface area (Å²) in [4.78, 5) is 0. The molecule has 0 fully saturated rings. The van der Waals surface area contributed by atoms with E-state index >= 15 is 0 Å². The van der Waals surface area contributed by atoms with E-state index in [0.29, 0.717) is 0 Å². The molecule has 0 rings (SSSR count). The zero-order valence-electron chi connectivity index (χ0n) is 55.1. The molecule has 0 saturated carbocycles. The van der Waals surface area contributed by atoms with E-state index in [1.165, 1.54) is 0 Å². The van der Waals surface area contributed by atoms with E-state index in [1.807, 2.05) is 0 Å². The average molecular weight is 5360 g/mol. The molecule has 103 heteroatoms. The molecule has 0 aromatic heterocycles. The minimum atomic E-state index is 0. The Morgan fingerprint density at radius 1 is 0.0583 bits per heavy atom. The van der Waals surface area contributed by atoms with Crippen LogP contribution in [0.3, 0.4) is 0 Å². The molecule has 0 bridgehead atoms. The van der Waals surface area contributed by atoms with Crippen LogP contribution in [-0.2, 0) is 435 Å². The molecule has 0 atom stereocenters. The molecular formula is H138K10NaO69Sb2V3W18. The van der Waals surface area contributed by atoms with E-state index in [9.17, 15) is 0 Å². The van der Waals surface area contributed by atoms with E-state index in [0.717, 1.165) is 0 Å². The molecule has 0 unspecified atom stereocenters. The molecule has 69 nitrogen and oxygen atoms in total. The normalized spacial score (nSPS) is 0. The molecule has 0 amide bonds. The second-order valence-electron chi connectivity index (χ2n) is 0. The Morgan fingerprint density at radius 3 is 0.0583 bits per heavy atom. The quantitative estimate of drug-likeness (QED) is 0.204. The van der Waals surface area contributed by atoms with E-state index in [1.54, 1.807) is 0 Å². The van der Waals surface area contributed by atoms with Gasteiger partial charge in [-0.2, -0.15) is 0 Å². The molecule has 0 aliphatic carbocycles. The largest absolute Gasteiger partial charge is 0.412 e. The summed E-state index contributed by atoms with van der Waals surface area (Å²) >= 11 is 0. The van der Waals surface area contributed by atoms with Crippen LogP contribution in [-0.4, -0.2) is 970 Å². The first kappa shape index (κ1) is 2530. The second-order valence-corrected chi connectivity index (χ2v) is 0. The van der Waals surface area contributed by atoms with Crippen molar-refractivity contribution >= 4 is 592 Å². The summed E-state index contributed by atoms with van der Waals surface area (Å²) in [6.45, 7) is 0. The number of rotatable bonds is 0. The zero-order chi connectivity index (χ0) is 0. The van der Waals surface area contributed by atoms with Crippen LogP contribution < -0.4 is 0 Å². The maximum Gasteiger partial charge on any atom is 0 e. The smallest absolute Gasteiger partial charge is 0 e. The molecule has 138 N–H and O–H groups in total. The molecule has 0 saturated heterocycles. The van der Waals surface area contributed by atoms with E-state index < -0.39 is 0 Å². The predicted octanol–water partition coefficient (Wildman–Crippen LogP) is -61.9. The Hall–Kier alpha value is 30.4. The van der Waals surface area contributed by atoms with E-state index in [4.69, 9.17) is 0 Å². The molecule has 696 valence electrons. The van der Waals surface area contributed by atoms with Crippen LogP contribution in [0.1, 0.15) is 0 Å². The van der Waals surface area contributed by atoms with Crippen molar-refractivity contribution in [1.82, 2.24) is 0 Å². The zero-order valence-corrected chi connectivity index (χ0v) is 150. The molecule has 20 radical (unpaired) electrons. The van der Waals surface area contributed by atoms with Crippen molar-refractivity contribution in [2.75, 3.05) is 0 Å². The van der Waals surface area contributed by atoms with Gasteiger partial charge in [0.1, 0.15) is 0 Å². The summed E-state index contributed by atoms with van der Waals surface area (Å²) in [6, 6.07) is 0. The Labute approximate surface area is 1370 Å². The fourth-order valence-corrected chi connectivity index (χ4v) is 0. The van der Waals surface area contributed by atoms with Crippen LogP contribution in [0.15, 0.2) is 0 Å². The molecule has 0 aliphatic rings. The van der Waals surface area contributed by atoms with Crippen LogP contribution in [0.5, 0.6) is 0 Å². The standard InChI is InChI=1S/10K.Na.69H2O.2Sb.3V.18W/h;;;;;;;;;;;69*1H2;;;;;;;;;;;;;;;;;;;;;;;. The van der Waals surface area contributed by atoms with Crippen LogP contribution in [0.2, 0.25) is 0 Å². The van der Waals surface area contributed by atoms with Crippen molar-refractivity contribution in [3.05, 3.63) is 0 Å². The average Bonchev–Trinajstić information content (AvgIpc) is 0. The summed E-state index contributed by atoms with van der Waals surface area (Å²) in [5.41, 5.74) is 0. The third-order valence-electron chi connectivity index (χ3n) is 0. The summed E-state index contributed by atoms with van der Waals surface area (Å²) in [5, 5.41) is 0. The fourth-order valence-electron chi connectivity index (χ4n) is 0. The van der Waals surface area contributed by atoms with Crippen LogP contribution in [0, 0.1) is 0 Å². The Bertz CT molecular complexity index is 152. The van der Waals surface area contributed by atoms with Gasteiger partial charge in [-0.25, -0.2) is 0 Å². The van der Waals surface area contributed by atoms with Crippen molar-refractivity contribution in [2.24, 2.45) is 0 Å². The molecule has 0 spiro atoms. The van der Waals surface area contributed by atoms with Gasteiger partial charge in [0.15, 0.2) is 0 Å². The van der Waals surface area contributed by atoms with Crippen LogP contribution >= 0.6 is 0 Å². The van der Waals surface area contributed by atoms with Crippen molar-refractivity contribution < 1.29 is 813 Å². The minimum Gasteiger partial charge on any atom is -0.412 e. The van der Waals surface area contributed by atoms with Gasteiger partial charge < -0.3 is 378 Å². The summed E-state index contributed by atoms with van der Waals surface area (Å²) in [5.74, 6) is 0. The molecule has 0 aromatic rings. The molecule has 103 heavy (non-hydrogen) atoms. The molecule has 0 aromatic carbocycles. The maximum atomic E-state index is 0. The topological polar surface area (TPSA) is 2170 Å². The van der Waals surface area contributed by atoms with Gasteiger partial charge in [-0.05, 0) is 0 Å². The number of hydrogen-bond donors (Lipinski definition) is 0. The second kappa shape index (κ2) is 2480. The summed E-state index contributed by atoms with van der Waals surface area (Å²) in [6.07, 6.45) is 0. The first-order chi connectivity index (χ1) is 0. The molecule has 0 heterocycles. The number of hydrogen-bond acceptors (Lipinski definition) is 0. The van der Waals surface area contributed by atoms with Crippen molar-refractivity contribution in [2.45, 2.75) is 0 Å². The van der Waals surface area contributed by atoms with Gasteiger partial charge >= 0.3 is 0 Å². The van der Waals surface area contributed by atoms with E-state index in [2.05, 4.69) is 0 Å². The van der Waals surface area contributed by atoms with Gasteiger partial charge in [-0.15, -0.1) is 0 Å². The first-order valence-corrected chi connectivity index (χ1v) is 0. The Balaban J connectivity index is 0. The van der Waals surface area contributed by atoms with Crippen LogP contribution in [0.25, 0.3) is 0 Å². The maximum absolute atomic E-state index is 0. The molecule has 0 aliphatic heterocycles. The SMILES string of the molecule is O.O.O.O.O.O.O.O.O.O.O.O.O.O.O.O.O.O.O.O.O.O.O.O.O.O.O.O.O.O.O.O.O.O.O.O.O.O.O.O.O.O.O.O.O.O.O.O.O.O.O.O.O.O.O.O.O.O.O.O.O.O.O.O.O.O.O.O.O.[K].[K].[K].[K].[K].[K].[K].[K].[K].[K].[Na].[Sb].[Sb].[V].[V].[V].[W].[W].[W].[W].[W].[W].[W].[W].[W].[W].[W].[W].[W].[W].[W].[W].[W].[W]. The Kier molecular flexibility index (Phi) is 60900. The Morgan fingerprint density at radius 2 is 0.0583 bits per heavy atom. The van der Waals surface area contributed by atoms with E-state index in [-0.39, 0.29) is 1400 Å². The summed E-state index contributed by atoms with van der Waals surface area (Å²) in [7, 11) is 0. The molecular weight excluding hydrogens is 5220 g/mol. The van der Waals surface area contributed by atoms with Gasteiger partial charge in [-0.1, -0.05) is 0 Å². The van der Waals surface area contributed by atoms with Gasteiger partial charge in [0, 0.05) is 1030 Å². The van der Waals surface area contributed by atoms with Crippen LogP contribution in [0.4, 0.5) is 0 Å². The van der Waals surface area contributed by atoms with Gasteiger partial charge in [-0.3, -0.25) is 0 Å². The third-order valence-corrected chi connectivity index (χ3v) is 0. The van der Waals surface area contributed by atoms with Gasteiger partial charge in [0.25, 0.3) is 0 Å². The summed E-state index contributed by atoms with van der Waals surface area (Å²) < 4.78 is 0. The third kappa shape index (κ3) is 2440. The monoisotopic (exact) mass is 5360 g/mol. The van der Waals surface area contributed by atoms with Crippen molar-refractivity contribution in [3.8, 4) is 0 Å². The van der Waals surface area contributed by atoms with Gasteiger partial charge in [0.2, 0.25) is 0 Å². The van der Waals surface area contributed by atoms with Gasteiger partial charge in [0.05, 0.1) is 0 Å². The predicted molar refractivity (Wildman–Crippen MR) is 324 cm³/mol. The minimum absolute atomic E-state index is 0. The van der Waals surface area contributed by atoms with Crippen molar-refractivity contribution in [1.29, 1.82) is 0 Å².